The Bertz CT molecular complexity index is 569. The summed E-state index contributed by atoms with van der Waals surface area (Å²) in [4.78, 5) is 6.64. The number of nitrogens with zero attached hydrogens (tertiary/aromatic N) is 4. The molecule has 3 heterocycles. The molecule has 0 saturated carbocycles. The monoisotopic (exact) mass is 321 g/mol. The van der Waals surface area contributed by atoms with Crippen LogP contribution in [0.1, 0.15) is 37.1 Å². The van der Waals surface area contributed by atoms with Crippen molar-refractivity contribution in [3.63, 3.8) is 0 Å². The summed E-state index contributed by atoms with van der Waals surface area (Å²) in [5.41, 5.74) is 2.61. The smallest absolute Gasteiger partial charge is 0.0534 e. The minimum absolute atomic E-state index is 0. The predicted molar refractivity (Wildman–Crippen MR) is 90.1 cm³/mol. The molecular formula is C16H24ClN5. The van der Waals surface area contributed by atoms with E-state index >= 15 is 0 Å². The summed E-state index contributed by atoms with van der Waals surface area (Å²) in [6, 6.07) is 5.05. The number of rotatable bonds is 4. The summed E-state index contributed by atoms with van der Waals surface area (Å²) in [7, 11) is 0. The van der Waals surface area contributed by atoms with E-state index in [1.807, 2.05) is 23.3 Å². The lowest BCUT2D eigenvalue weighted by atomic mass is 10.0. The molecule has 2 aromatic heterocycles. The molecule has 120 valence electrons. The molecule has 5 nitrogen and oxygen atoms in total. The molecule has 22 heavy (non-hydrogen) atoms. The number of piperazine rings is 1. The van der Waals surface area contributed by atoms with Gasteiger partial charge in [0.2, 0.25) is 0 Å². The second-order valence-electron chi connectivity index (χ2n) is 5.89. The maximum absolute atomic E-state index is 4.44. The molecule has 3 rings (SSSR count). The summed E-state index contributed by atoms with van der Waals surface area (Å²) in [6.45, 7) is 8.34. The molecule has 1 saturated heterocycles. The fraction of sp³-hybridized carbons (Fsp3) is 0.500. The molecule has 1 aliphatic rings. The number of nitrogens with one attached hydrogen (secondary N) is 1. The summed E-state index contributed by atoms with van der Waals surface area (Å²) >= 11 is 0. The topological polar surface area (TPSA) is 46.0 Å². The average molecular weight is 322 g/mol. The van der Waals surface area contributed by atoms with Crippen molar-refractivity contribution in [2.24, 2.45) is 0 Å². The number of pyridine rings is 1. The highest BCUT2D eigenvalue weighted by molar-refractivity contribution is 5.85. The first-order chi connectivity index (χ1) is 10.2. The molecule has 1 fully saturated rings. The Kier molecular flexibility index (Phi) is 5.94. The SMILES string of the molecule is CC(C)n1cc(CN2CCNCC2c2ccncc2)cn1.Cl. The highest BCUT2D eigenvalue weighted by atomic mass is 35.5. The molecule has 1 N–H and O–H groups in total. The molecule has 0 radical (unpaired) electrons. The number of hydrogen-bond acceptors (Lipinski definition) is 4. The largest absolute Gasteiger partial charge is 0.314 e. The first-order valence-corrected chi connectivity index (χ1v) is 7.62. The highest BCUT2D eigenvalue weighted by Crippen LogP contribution is 2.23. The van der Waals surface area contributed by atoms with Gasteiger partial charge in [0, 0.05) is 62.4 Å². The number of aromatic nitrogens is 3. The van der Waals surface area contributed by atoms with Gasteiger partial charge in [-0.05, 0) is 31.5 Å². The minimum atomic E-state index is 0. The normalized spacial score (nSPS) is 19.1. The second kappa shape index (κ2) is 7.72. The van der Waals surface area contributed by atoms with Gasteiger partial charge in [0.15, 0.2) is 0 Å². The van der Waals surface area contributed by atoms with Crippen LogP contribution in [0.25, 0.3) is 0 Å². The molecule has 1 aliphatic heterocycles. The zero-order chi connectivity index (χ0) is 14.7. The van der Waals surface area contributed by atoms with Crippen molar-refractivity contribution in [3.8, 4) is 0 Å². The average Bonchev–Trinajstić information content (AvgIpc) is 2.98. The van der Waals surface area contributed by atoms with Crippen LogP contribution in [0.3, 0.4) is 0 Å². The minimum Gasteiger partial charge on any atom is -0.314 e. The molecule has 0 aromatic carbocycles. The maximum atomic E-state index is 4.44. The standard InChI is InChI=1S/C16H23N5.ClH/c1-13(2)21-12-14(9-19-21)11-20-8-7-18-10-16(20)15-3-5-17-6-4-15;/h3-6,9,12-13,16,18H,7-8,10-11H2,1-2H3;1H. The van der Waals surface area contributed by atoms with Crippen molar-refractivity contribution in [3.05, 3.63) is 48.0 Å². The number of halogens is 1. The maximum Gasteiger partial charge on any atom is 0.0534 e. The van der Waals surface area contributed by atoms with Gasteiger partial charge in [-0.25, -0.2) is 0 Å². The van der Waals surface area contributed by atoms with Crippen LogP contribution in [0.5, 0.6) is 0 Å². The van der Waals surface area contributed by atoms with Gasteiger partial charge in [-0.15, -0.1) is 12.4 Å². The van der Waals surface area contributed by atoms with E-state index in [-0.39, 0.29) is 12.4 Å². The van der Waals surface area contributed by atoms with E-state index in [9.17, 15) is 0 Å². The molecule has 1 unspecified atom stereocenters. The third-order valence-electron chi connectivity index (χ3n) is 4.01. The van der Waals surface area contributed by atoms with Crippen LogP contribution < -0.4 is 5.32 Å². The van der Waals surface area contributed by atoms with Gasteiger partial charge in [-0.1, -0.05) is 0 Å². The van der Waals surface area contributed by atoms with Crippen LogP contribution in [-0.4, -0.2) is 39.3 Å². The van der Waals surface area contributed by atoms with Gasteiger partial charge in [0.05, 0.1) is 6.20 Å². The van der Waals surface area contributed by atoms with E-state index in [1.165, 1.54) is 11.1 Å². The van der Waals surface area contributed by atoms with E-state index in [4.69, 9.17) is 0 Å². The predicted octanol–water partition coefficient (Wildman–Crippen LogP) is 2.43. The lowest BCUT2D eigenvalue weighted by Gasteiger charge is -2.36. The molecule has 0 aliphatic carbocycles. The Morgan fingerprint density at radius 2 is 2.09 bits per heavy atom. The van der Waals surface area contributed by atoms with Crippen LogP contribution in [0, 0.1) is 0 Å². The lowest BCUT2D eigenvalue weighted by molar-refractivity contribution is 0.153. The van der Waals surface area contributed by atoms with Crippen LogP contribution in [0.4, 0.5) is 0 Å². The van der Waals surface area contributed by atoms with Crippen LogP contribution in [0.15, 0.2) is 36.9 Å². The fourth-order valence-corrected chi connectivity index (χ4v) is 2.83. The van der Waals surface area contributed by atoms with E-state index in [0.717, 1.165) is 26.2 Å². The molecule has 6 heteroatoms. The quantitative estimate of drug-likeness (QED) is 0.939. The second-order valence-corrected chi connectivity index (χ2v) is 5.89. The van der Waals surface area contributed by atoms with Crippen molar-refractivity contribution < 1.29 is 0 Å². The summed E-state index contributed by atoms with van der Waals surface area (Å²) in [5, 5.41) is 7.93. The first-order valence-electron chi connectivity index (χ1n) is 7.62. The molecule has 0 amide bonds. The molecule has 0 bridgehead atoms. The van der Waals surface area contributed by atoms with Crippen molar-refractivity contribution in [1.29, 1.82) is 0 Å². The third-order valence-corrected chi connectivity index (χ3v) is 4.01. The summed E-state index contributed by atoms with van der Waals surface area (Å²) in [5.74, 6) is 0. The van der Waals surface area contributed by atoms with Crippen LogP contribution in [0.2, 0.25) is 0 Å². The summed E-state index contributed by atoms with van der Waals surface area (Å²) < 4.78 is 2.03. The zero-order valence-corrected chi connectivity index (χ0v) is 14.0. The third kappa shape index (κ3) is 3.85. The molecule has 0 spiro atoms. The first kappa shape index (κ1) is 16.9. The highest BCUT2D eigenvalue weighted by Gasteiger charge is 2.24. The Labute approximate surface area is 138 Å². The van der Waals surface area contributed by atoms with Crippen LogP contribution >= 0.6 is 12.4 Å². The van der Waals surface area contributed by atoms with Gasteiger partial charge in [-0.2, -0.15) is 5.10 Å². The molecule has 1 atom stereocenters. The fourth-order valence-electron chi connectivity index (χ4n) is 2.83. The van der Waals surface area contributed by atoms with Gasteiger partial charge < -0.3 is 5.32 Å². The van der Waals surface area contributed by atoms with E-state index < -0.39 is 0 Å². The Morgan fingerprint density at radius 3 is 2.77 bits per heavy atom. The van der Waals surface area contributed by atoms with E-state index in [1.54, 1.807) is 0 Å². The molecule has 2 aromatic rings. The van der Waals surface area contributed by atoms with E-state index in [2.05, 4.69) is 52.5 Å². The summed E-state index contributed by atoms with van der Waals surface area (Å²) in [6.07, 6.45) is 7.90. The Balaban J connectivity index is 0.00000176. The zero-order valence-electron chi connectivity index (χ0n) is 13.1. The van der Waals surface area contributed by atoms with Gasteiger partial charge >= 0.3 is 0 Å². The van der Waals surface area contributed by atoms with Gasteiger partial charge in [0.25, 0.3) is 0 Å². The van der Waals surface area contributed by atoms with Gasteiger partial charge in [0.1, 0.15) is 0 Å². The molecular weight excluding hydrogens is 298 g/mol. The number of hydrogen-bond donors (Lipinski definition) is 1. The Morgan fingerprint density at radius 1 is 1.32 bits per heavy atom. The lowest BCUT2D eigenvalue weighted by Crippen LogP contribution is -2.45. The van der Waals surface area contributed by atoms with Crippen molar-refractivity contribution in [2.45, 2.75) is 32.5 Å². The Hall–Kier alpha value is -1.43. The van der Waals surface area contributed by atoms with Crippen molar-refractivity contribution in [1.82, 2.24) is 25.0 Å². The van der Waals surface area contributed by atoms with Crippen LogP contribution in [-0.2, 0) is 6.54 Å². The van der Waals surface area contributed by atoms with E-state index in [0.29, 0.717) is 12.1 Å². The van der Waals surface area contributed by atoms with Crippen molar-refractivity contribution >= 4 is 12.4 Å². The van der Waals surface area contributed by atoms with Gasteiger partial charge in [-0.3, -0.25) is 14.6 Å². The van der Waals surface area contributed by atoms with Crippen molar-refractivity contribution in [2.75, 3.05) is 19.6 Å².